The molecule has 1 N–H and O–H groups in total. The SMILES string of the molecule is CCCC1=Nc2[nH]ncc2C(c2cccc(Cl)c2Cl)C1C#N. The molecular weight excluding hydrogens is 319 g/mol. The Hall–Kier alpha value is -1.83. The lowest BCUT2D eigenvalue weighted by atomic mass is 9.77. The molecule has 1 aromatic carbocycles. The van der Waals surface area contributed by atoms with E-state index in [-0.39, 0.29) is 11.8 Å². The van der Waals surface area contributed by atoms with E-state index in [4.69, 9.17) is 23.2 Å². The van der Waals surface area contributed by atoms with Crippen LogP contribution in [0.25, 0.3) is 0 Å². The largest absolute Gasteiger partial charge is 0.261 e. The summed E-state index contributed by atoms with van der Waals surface area (Å²) in [6.45, 7) is 2.07. The van der Waals surface area contributed by atoms with Gasteiger partial charge in [0.05, 0.1) is 28.2 Å². The summed E-state index contributed by atoms with van der Waals surface area (Å²) in [5.74, 6) is 0.140. The van der Waals surface area contributed by atoms with Crippen molar-refractivity contribution < 1.29 is 0 Å². The number of aromatic nitrogens is 2. The third kappa shape index (κ3) is 2.41. The van der Waals surface area contributed by atoms with Crippen LogP contribution in [0.1, 0.15) is 36.8 Å². The predicted molar refractivity (Wildman–Crippen MR) is 88.0 cm³/mol. The monoisotopic (exact) mass is 332 g/mol. The molecule has 1 aliphatic rings. The van der Waals surface area contributed by atoms with Crippen molar-refractivity contribution in [1.29, 1.82) is 5.26 Å². The molecule has 0 fully saturated rings. The summed E-state index contributed by atoms with van der Waals surface area (Å²) >= 11 is 12.5. The Kier molecular flexibility index (Phi) is 4.19. The van der Waals surface area contributed by atoms with Crippen LogP contribution in [0.15, 0.2) is 29.4 Å². The zero-order chi connectivity index (χ0) is 15.7. The van der Waals surface area contributed by atoms with Crippen molar-refractivity contribution in [3.63, 3.8) is 0 Å². The first-order chi connectivity index (χ1) is 10.7. The van der Waals surface area contributed by atoms with Gasteiger partial charge in [0.25, 0.3) is 0 Å². The van der Waals surface area contributed by atoms with Gasteiger partial charge in [-0.05, 0) is 18.1 Å². The van der Waals surface area contributed by atoms with Crippen LogP contribution in [-0.4, -0.2) is 15.9 Å². The highest BCUT2D eigenvalue weighted by atomic mass is 35.5. The maximum Gasteiger partial charge on any atom is 0.151 e. The highest BCUT2D eigenvalue weighted by Gasteiger charge is 2.36. The van der Waals surface area contributed by atoms with Crippen LogP contribution in [0.2, 0.25) is 10.0 Å². The molecule has 0 spiro atoms. The van der Waals surface area contributed by atoms with Crippen LogP contribution in [0.5, 0.6) is 0 Å². The number of rotatable bonds is 3. The van der Waals surface area contributed by atoms with Crippen molar-refractivity contribution in [2.75, 3.05) is 0 Å². The Labute approximate surface area is 138 Å². The fraction of sp³-hybridized carbons (Fsp3) is 0.312. The van der Waals surface area contributed by atoms with E-state index in [1.165, 1.54) is 0 Å². The van der Waals surface area contributed by atoms with Gasteiger partial charge in [-0.15, -0.1) is 0 Å². The molecule has 0 saturated carbocycles. The van der Waals surface area contributed by atoms with Gasteiger partial charge in [-0.2, -0.15) is 10.4 Å². The summed E-state index contributed by atoms with van der Waals surface area (Å²) in [4.78, 5) is 4.58. The number of aromatic amines is 1. The van der Waals surface area contributed by atoms with E-state index in [2.05, 4.69) is 28.2 Å². The summed E-state index contributed by atoms with van der Waals surface area (Å²) in [6.07, 6.45) is 3.41. The van der Waals surface area contributed by atoms with E-state index in [1.807, 2.05) is 12.1 Å². The van der Waals surface area contributed by atoms with Crippen molar-refractivity contribution in [2.24, 2.45) is 10.9 Å². The standard InChI is InChI=1S/C16H14Cl2N4/c1-2-4-13-10(7-19)14(11-8-20-22-16(11)21-13)9-5-3-6-12(17)15(9)18/h3,5-6,8,10,14H,2,4H2,1H3,(H,20,22). The third-order valence-electron chi connectivity index (χ3n) is 3.89. The number of hydrogen-bond donors (Lipinski definition) is 1. The van der Waals surface area contributed by atoms with Crippen LogP contribution in [0.4, 0.5) is 5.82 Å². The lowest BCUT2D eigenvalue weighted by Gasteiger charge is -2.28. The molecule has 4 nitrogen and oxygen atoms in total. The molecule has 6 heteroatoms. The molecule has 1 aliphatic heterocycles. The number of H-pyrrole nitrogens is 1. The molecule has 0 amide bonds. The lowest BCUT2D eigenvalue weighted by Crippen LogP contribution is -2.25. The molecule has 1 aromatic heterocycles. The smallest absolute Gasteiger partial charge is 0.151 e. The molecule has 0 saturated heterocycles. The molecule has 2 atom stereocenters. The van der Waals surface area contributed by atoms with Crippen LogP contribution >= 0.6 is 23.2 Å². The fourth-order valence-corrected chi connectivity index (χ4v) is 3.34. The highest BCUT2D eigenvalue weighted by molar-refractivity contribution is 6.42. The molecule has 0 aliphatic carbocycles. The summed E-state index contributed by atoms with van der Waals surface area (Å²) < 4.78 is 0. The summed E-state index contributed by atoms with van der Waals surface area (Å²) in [6, 6.07) is 7.90. The van der Waals surface area contributed by atoms with Gasteiger partial charge in [0.15, 0.2) is 5.82 Å². The first-order valence-electron chi connectivity index (χ1n) is 7.11. The van der Waals surface area contributed by atoms with E-state index in [0.29, 0.717) is 15.9 Å². The summed E-state index contributed by atoms with van der Waals surface area (Å²) in [5.41, 5.74) is 2.59. The average molecular weight is 333 g/mol. The number of halogens is 2. The van der Waals surface area contributed by atoms with E-state index >= 15 is 0 Å². The summed E-state index contributed by atoms with van der Waals surface area (Å²) in [7, 11) is 0. The minimum Gasteiger partial charge on any atom is -0.261 e. The Bertz CT molecular complexity index is 773. The molecule has 2 unspecified atom stereocenters. The van der Waals surface area contributed by atoms with Crippen molar-refractivity contribution in [1.82, 2.24) is 10.2 Å². The van der Waals surface area contributed by atoms with Gasteiger partial charge in [0.2, 0.25) is 0 Å². The Morgan fingerprint density at radius 1 is 1.32 bits per heavy atom. The van der Waals surface area contributed by atoms with Crippen LogP contribution in [-0.2, 0) is 0 Å². The van der Waals surface area contributed by atoms with Crippen LogP contribution in [0, 0.1) is 17.2 Å². The van der Waals surface area contributed by atoms with Gasteiger partial charge >= 0.3 is 0 Å². The molecular formula is C16H14Cl2N4. The third-order valence-corrected chi connectivity index (χ3v) is 4.73. The van der Waals surface area contributed by atoms with Gasteiger partial charge in [-0.25, -0.2) is 4.99 Å². The second-order valence-corrected chi connectivity index (χ2v) is 6.04. The Morgan fingerprint density at radius 2 is 2.14 bits per heavy atom. The van der Waals surface area contributed by atoms with E-state index in [1.54, 1.807) is 12.3 Å². The van der Waals surface area contributed by atoms with Crippen molar-refractivity contribution in [3.05, 3.63) is 45.6 Å². The highest BCUT2D eigenvalue weighted by Crippen LogP contribution is 2.45. The first kappa shape index (κ1) is 15.1. The van der Waals surface area contributed by atoms with Crippen molar-refractivity contribution >= 4 is 34.7 Å². The topological polar surface area (TPSA) is 64.8 Å². The van der Waals surface area contributed by atoms with Gasteiger partial charge < -0.3 is 0 Å². The van der Waals surface area contributed by atoms with Crippen LogP contribution < -0.4 is 0 Å². The number of benzene rings is 1. The van der Waals surface area contributed by atoms with E-state index < -0.39 is 0 Å². The molecule has 2 aromatic rings. The minimum atomic E-state index is -0.360. The molecule has 0 radical (unpaired) electrons. The zero-order valence-corrected chi connectivity index (χ0v) is 13.5. The molecule has 22 heavy (non-hydrogen) atoms. The number of nitriles is 1. The number of aliphatic imine (C=N–C) groups is 1. The molecule has 112 valence electrons. The molecule has 2 heterocycles. The quantitative estimate of drug-likeness (QED) is 0.870. The van der Waals surface area contributed by atoms with Gasteiger partial charge in [-0.1, -0.05) is 48.7 Å². The second-order valence-electron chi connectivity index (χ2n) is 5.25. The van der Waals surface area contributed by atoms with E-state index in [0.717, 1.165) is 29.7 Å². The molecule has 0 bridgehead atoms. The molecule has 3 rings (SSSR count). The van der Waals surface area contributed by atoms with Crippen molar-refractivity contribution in [3.8, 4) is 6.07 Å². The maximum atomic E-state index is 9.71. The van der Waals surface area contributed by atoms with Gasteiger partial charge in [-0.3, -0.25) is 5.10 Å². The average Bonchev–Trinajstić information content (AvgIpc) is 2.97. The number of nitrogens with one attached hydrogen (secondary N) is 1. The summed E-state index contributed by atoms with van der Waals surface area (Å²) in [5, 5.41) is 17.7. The van der Waals surface area contributed by atoms with Gasteiger partial charge in [0.1, 0.15) is 0 Å². The van der Waals surface area contributed by atoms with Crippen molar-refractivity contribution in [2.45, 2.75) is 25.7 Å². The second kappa shape index (κ2) is 6.12. The minimum absolute atomic E-state index is 0.205. The zero-order valence-electron chi connectivity index (χ0n) is 12.0. The normalized spacial score (nSPS) is 20.2. The van der Waals surface area contributed by atoms with Gasteiger partial charge in [0, 0.05) is 17.2 Å². The maximum absolute atomic E-state index is 9.71. The Balaban J connectivity index is 2.19. The number of nitrogens with zero attached hydrogens (tertiary/aromatic N) is 3. The van der Waals surface area contributed by atoms with E-state index in [9.17, 15) is 5.26 Å². The first-order valence-corrected chi connectivity index (χ1v) is 7.87. The fourth-order valence-electron chi connectivity index (χ4n) is 2.92. The van der Waals surface area contributed by atoms with Crippen LogP contribution in [0.3, 0.4) is 0 Å². The number of hydrogen-bond acceptors (Lipinski definition) is 3. The Morgan fingerprint density at radius 3 is 2.86 bits per heavy atom. The lowest BCUT2D eigenvalue weighted by molar-refractivity contribution is 0.700. The predicted octanol–water partition coefficient (Wildman–Crippen LogP) is 4.87. The number of fused-ring (bicyclic) bond motifs is 1.